The molecule has 0 aromatic carbocycles. The Kier molecular flexibility index (Phi) is 5.08. The van der Waals surface area contributed by atoms with Gasteiger partial charge in [-0.15, -0.1) is 17.8 Å². The van der Waals surface area contributed by atoms with Crippen LogP contribution in [0.1, 0.15) is 35.6 Å². The molecule has 2 atom stereocenters. The molecule has 3 heterocycles. The third-order valence-corrected chi connectivity index (χ3v) is 6.28. The second-order valence-electron chi connectivity index (χ2n) is 7.19. The Morgan fingerprint density at radius 1 is 1.43 bits per heavy atom. The first-order chi connectivity index (χ1) is 13.6. The number of aliphatic hydroxyl groups excluding tert-OH is 1. The maximum Gasteiger partial charge on any atom is 0.104 e. The molecule has 3 aliphatic rings. The van der Waals surface area contributed by atoms with Gasteiger partial charge >= 0.3 is 0 Å². The fourth-order valence-electron chi connectivity index (χ4n) is 3.29. The van der Waals surface area contributed by atoms with Gasteiger partial charge < -0.3 is 15.7 Å². The Labute approximate surface area is 169 Å². The molecule has 1 aromatic rings. The van der Waals surface area contributed by atoms with E-state index < -0.39 is 6.10 Å². The lowest BCUT2D eigenvalue weighted by Crippen LogP contribution is -2.39. The molecule has 28 heavy (non-hydrogen) atoms. The fraction of sp³-hybridized carbons (Fsp3) is 0.261. The van der Waals surface area contributed by atoms with Gasteiger partial charge in [0.25, 0.3) is 0 Å². The van der Waals surface area contributed by atoms with Gasteiger partial charge in [0.15, 0.2) is 0 Å². The van der Waals surface area contributed by atoms with Crippen LogP contribution in [0.3, 0.4) is 0 Å². The van der Waals surface area contributed by atoms with Crippen molar-refractivity contribution in [3.8, 4) is 12.3 Å². The third kappa shape index (κ3) is 3.75. The number of thiophene rings is 1. The molecule has 0 radical (unpaired) electrons. The van der Waals surface area contributed by atoms with E-state index in [0.29, 0.717) is 5.92 Å². The molecule has 1 saturated carbocycles. The average Bonchev–Trinajstić information content (AvgIpc) is 3.45. The van der Waals surface area contributed by atoms with Crippen molar-refractivity contribution < 1.29 is 5.11 Å². The standard InChI is InChI=1S/C23H23N3OS/c1-4-16-13-25-23(20-10-9-19(28-20)15(3)27)14(2)22(16)26-21-12-18(17-7-8-17)6-5-11-24-21/h1,5-6,9-13,15,17,22,24,26-27H,2,7-8H2,3H3. The SMILES string of the molecule is C#CC1=CN=C(c2ccc(C(C)O)s2)C(=C)C1NC1=CC(C2CC2)=CC=CN1. The summed E-state index contributed by atoms with van der Waals surface area (Å²) in [6.45, 7) is 6.05. The molecule has 0 bridgehead atoms. The number of hydrogen-bond acceptors (Lipinski definition) is 5. The maximum atomic E-state index is 9.82. The van der Waals surface area contributed by atoms with Gasteiger partial charge in [0.05, 0.1) is 22.7 Å². The number of aliphatic imine (C=N–C) groups is 1. The Balaban J connectivity index is 1.60. The summed E-state index contributed by atoms with van der Waals surface area (Å²) in [5.41, 5.74) is 3.69. The van der Waals surface area contributed by atoms with Crippen molar-refractivity contribution in [3.63, 3.8) is 0 Å². The summed E-state index contributed by atoms with van der Waals surface area (Å²) in [4.78, 5) is 6.43. The van der Waals surface area contributed by atoms with Crippen molar-refractivity contribution in [2.45, 2.75) is 31.9 Å². The van der Waals surface area contributed by atoms with Crippen LogP contribution >= 0.6 is 11.3 Å². The molecule has 1 fully saturated rings. The Morgan fingerprint density at radius 3 is 2.93 bits per heavy atom. The first kappa shape index (κ1) is 18.5. The van der Waals surface area contributed by atoms with E-state index in [4.69, 9.17) is 6.42 Å². The highest BCUT2D eigenvalue weighted by molar-refractivity contribution is 7.14. The fourth-order valence-corrected chi connectivity index (χ4v) is 4.27. The van der Waals surface area contributed by atoms with Crippen molar-refractivity contribution in [2.75, 3.05) is 0 Å². The molecule has 2 aliphatic heterocycles. The van der Waals surface area contributed by atoms with Crippen LogP contribution in [-0.2, 0) is 0 Å². The lowest BCUT2D eigenvalue weighted by molar-refractivity contribution is 0.203. The normalized spacial score (nSPS) is 22.8. The van der Waals surface area contributed by atoms with Crippen LogP contribution in [-0.4, -0.2) is 16.9 Å². The van der Waals surface area contributed by atoms with Crippen molar-refractivity contribution in [1.82, 2.24) is 10.6 Å². The van der Waals surface area contributed by atoms with Crippen LogP contribution in [0.5, 0.6) is 0 Å². The molecule has 5 heteroatoms. The van der Waals surface area contributed by atoms with Crippen LogP contribution in [0.15, 0.2) is 76.9 Å². The quantitative estimate of drug-likeness (QED) is 0.669. The minimum absolute atomic E-state index is 0.236. The Hall–Kier alpha value is -2.81. The van der Waals surface area contributed by atoms with E-state index in [0.717, 1.165) is 32.4 Å². The summed E-state index contributed by atoms with van der Waals surface area (Å²) in [6.07, 6.45) is 17.7. The van der Waals surface area contributed by atoms with Crippen molar-refractivity contribution in [1.29, 1.82) is 0 Å². The van der Waals surface area contributed by atoms with E-state index in [1.54, 1.807) is 13.1 Å². The first-order valence-corrected chi connectivity index (χ1v) is 10.2. The number of aliphatic hydroxyl groups is 1. The smallest absolute Gasteiger partial charge is 0.104 e. The lowest BCUT2D eigenvalue weighted by atomic mass is 9.94. The minimum atomic E-state index is -0.498. The van der Waals surface area contributed by atoms with Gasteiger partial charge in [-0.2, -0.15) is 0 Å². The largest absolute Gasteiger partial charge is 0.388 e. The number of terminal acetylenes is 1. The monoisotopic (exact) mass is 389 g/mol. The number of rotatable bonds is 5. The highest BCUT2D eigenvalue weighted by Gasteiger charge is 2.28. The minimum Gasteiger partial charge on any atom is -0.388 e. The maximum absolute atomic E-state index is 9.82. The molecule has 0 amide bonds. The Morgan fingerprint density at radius 2 is 2.25 bits per heavy atom. The Bertz CT molecular complexity index is 993. The lowest BCUT2D eigenvalue weighted by Gasteiger charge is -2.27. The van der Waals surface area contributed by atoms with Crippen molar-refractivity contribution in [2.24, 2.45) is 10.9 Å². The second kappa shape index (κ2) is 7.67. The molecular weight excluding hydrogens is 366 g/mol. The molecule has 0 saturated heterocycles. The summed E-state index contributed by atoms with van der Waals surface area (Å²) >= 11 is 1.52. The summed E-state index contributed by atoms with van der Waals surface area (Å²) in [7, 11) is 0. The zero-order valence-corrected chi connectivity index (χ0v) is 16.6. The van der Waals surface area contributed by atoms with Crippen LogP contribution in [0, 0.1) is 18.3 Å². The predicted molar refractivity (Wildman–Crippen MR) is 116 cm³/mol. The molecule has 1 aliphatic carbocycles. The molecule has 3 N–H and O–H groups in total. The molecule has 142 valence electrons. The van der Waals surface area contributed by atoms with E-state index in [-0.39, 0.29) is 6.04 Å². The van der Waals surface area contributed by atoms with E-state index >= 15 is 0 Å². The highest BCUT2D eigenvalue weighted by atomic mass is 32.1. The third-order valence-electron chi connectivity index (χ3n) is 5.02. The molecule has 4 rings (SSSR count). The molecule has 4 nitrogen and oxygen atoms in total. The van der Waals surface area contributed by atoms with Crippen LogP contribution < -0.4 is 10.6 Å². The van der Waals surface area contributed by atoms with Gasteiger partial charge in [-0.3, -0.25) is 4.99 Å². The number of nitrogens with zero attached hydrogens (tertiary/aromatic N) is 1. The number of allylic oxidation sites excluding steroid dienone is 4. The van der Waals surface area contributed by atoms with Gasteiger partial charge in [-0.05, 0) is 61.1 Å². The second-order valence-corrected chi connectivity index (χ2v) is 8.30. The molecule has 2 unspecified atom stereocenters. The van der Waals surface area contributed by atoms with E-state index in [2.05, 4.69) is 40.3 Å². The average molecular weight is 390 g/mol. The first-order valence-electron chi connectivity index (χ1n) is 9.40. The van der Waals surface area contributed by atoms with E-state index in [1.807, 2.05) is 24.4 Å². The number of nitrogens with one attached hydrogen (secondary N) is 2. The highest BCUT2D eigenvalue weighted by Crippen LogP contribution is 2.38. The molecular formula is C23H23N3OS. The van der Waals surface area contributed by atoms with Crippen LogP contribution in [0.4, 0.5) is 0 Å². The van der Waals surface area contributed by atoms with E-state index in [1.165, 1.54) is 29.8 Å². The zero-order valence-electron chi connectivity index (χ0n) is 15.8. The van der Waals surface area contributed by atoms with E-state index in [9.17, 15) is 5.11 Å². The topological polar surface area (TPSA) is 56.7 Å². The summed E-state index contributed by atoms with van der Waals surface area (Å²) in [6, 6.07) is 3.67. The summed E-state index contributed by atoms with van der Waals surface area (Å²) < 4.78 is 0. The van der Waals surface area contributed by atoms with Crippen LogP contribution in [0.2, 0.25) is 0 Å². The summed E-state index contributed by atoms with van der Waals surface area (Å²) in [5, 5.41) is 16.6. The number of hydrogen-bond donors (Lipinski definition) is 3. The van der Waals surface area contributed by atoms with Gasteiger partial charge in [-0.25, -0.2) is 0 Å². The van der Waals surface area contributed by atoms with Crippen molar-refractivity contribution in [3.05, 3.63) is 81.6 Å². The summed E-state index contributed by atoms with van der Waals surface area (Å²) in [5.74, 6) is 4.29. The molecule has 0 spiro atoms. The van der Waals surface area contributed by atoms with Gasteiger partial charge in [0.1, 0.15) is 5.82 Å². The van der Waals surface area contributed by atoms with Gasteiger partial charge in [-0.1, -0.05) is 18.6 Å². The van der Waals surface area contributed by atoms with Crippen molar-refractivity contribution >= 4 is 17.0 Å². The van der Waals surface area contributed by atoms with Gasteiger partial charge in [0.2, 0.25) is 0 Å². The van der Waals surface area contributed by atoms with Gasteiger partial charge in [0, 0.05) is 22.9 Å². The zero-order chi connectivity index (χ0) is 19.7. The van der Waals surface area contributed by atoms with Crippen LogP contribution in [0.25, 0.3) is 0 Å². The molecule has 1 aromatic heterocycles. The predicted octanol–water partition coefficient (Wildman–Crippen LogP) is 3.93.